The van der Waals surface area contributed by atoms with Crippen LogP contribution < -0.4 is 37.2 Å². The molecule has 0 aliphatic rings. The molecular weight excluding hydrogens is 568 g/mol. The van der Waals surface area contributed by atoms with Gasteiger partial charge in [0, 0.05) is 0 Å². The zero-order valence-corrected chi connectivity index (χ0v) is 26.1. The van der Waals surface area contributed by atoms with Crippen LogP contribution in [0.15, 0.2) is 46.4 Å². The number of halogens is 3. The average molecular weight is 605 g/mol. The first kappa shape index (κ1) is 37.5. The minimum atomic E-state index is 0. The summed E-state index contributed by atoms with van der Waals surface area (Å²) in [6, 6.07) is 13.1. The Kier molecular flexibility index (Phi) is 18.0. The first-order chi connectivity index (χ1) is 15.9. The first-order valence-corrected chi connectivity index (χ1v) is 12.2. The summed E-state index contributed by atoms with van der Waals surface area (Å²) in [5.74, 6) is 0. The maximum absolute atomic E-state index is 4.89. The largest absolute Gasteiger partial charge is 3.00 e. The third kappa shape index (κ3) is 9.85. The molecule has 1 heterocycles. The fraction of sp³-hybridized carbons (Fsp3) is 0.367. The molecule has 0 bridgehead atoms. The predicted octanol–water partition coefficient (Wildman–Crippen LogP) is -1.23. The standard InChI is InChI=1S/C30H37N3.3ClH.Co/c1-8-23-12-20(5)13-24(9-2)29(23)31-18-27-16-22(7)17-28(33-27)19-32-30-25(10-3)14-21(6)15-26(30)11-4;;;;/h12-19H,8-11H2,1-7H3;3*1H;/q;;;;+3/p-3. The monoisotopic (exact) mass is 603 g/mol. The van der Waals surface area contributed by atoms with E-state index in [1.165, 1.54) is 33.4 Å². The van der Waals surface area contributed by atoms with E-state index in [0.29, 0.717) is 0 Å². The Balaban J connectivity index is 0. The molecule has 37 heavy (non-hydrogen) atoms. The molecule has 0 fully saturated rings. The van der Waals surface area contributed by atoms with Gasteiger partial charge in [0.05, 0.1) is 35.2 Å². The number of hydrogen-bond donors (Lipinski definition) is 0. The summed E-state index contributed by atoms with van der Waals surface area (Å²) in [4.78, 5) is 14.6. The van der Waals surface area contributed by atoms with Crippen LogP contribution in [0, 0.1) is 20.8 Å². The molecule has 3 nitrogen and oxygen atoms in total. The normalized spacial score (nSPS) is 10.5. The van der Waals surface area contributed by atoms with E-state index in [-0.39, 0.29) is 54.0 Å². The second-order valence-electron chi connectivity index (χ2n) is 8.79. The van der Waals surface area contributed by atoms with E-state index < -0.39 is 0 Å². The van der Waals surface area contributed by atoms with Crippen molar-refractivity contribution < 1.29 is 54.0 Å². The van der Waals surface area contributed by atoms with Gasteiger partial charge in [0.2, 0.25) is 0 Å². The number of benzene rings is 2. The maximum Gasteiger partial charge on any atom is 3.00 e. The Morgan fingerprint density at radius 3 is 1.08 bits per heavy atom. The summed E-state index contributed by atoms with van der Waals surface area (Å²) >= 11 is 0. The minimum Gasteiger partial charge on any atom is -1.00 e. The average Bonchev–Trinajstić information content (AvgIpc) is 2.80. The van der Waals surface area contributed by atoms with Gasteiger partial charge in [0.15, 0.2) is 0 Å². The van der Waals surface area contributed by atoms with Crippen molar-refractivity contribution in [1.82, 2.24) is 4.98 Å². The molecule has 0 radical (unpaired) electrons. The van der Waals surface area contributed by atoms with Gasteiger partial charge in [-0.25, -0.2) is 4.98 Å². The number of aryl methyl sites for hydroxylation is 7. The molecule has 1 aromatic heterocycles. The van der Waals surface area contributed by atoms with Crippen LogP contribution in [-0.4, -0.2) is 17.4 Å². The van der Waals surface area contributed by atoms with Crippen LogP contribution in [0.1, 0.15) is 78.0 Å². The summed E-state index contributed by atoms with van der Waals surface area (Å²) < 4.78 is 0. The van der Waals surface area contributed by atoms with Gasteiger partial charge in [-0.3, -0.25) is 9.98 Å². The summed E-state index contributed by atoms with van der Waals surface area (Å²) in [5, 5.41) is 0. The van der Waals surface area contributed by atoms with E-state index in [2.05, 4.69) is 84.9 Å². The molecule has 0 aliphatic heterocycles. The van der Waals surface area contributed by atoms with Gasteiger partial charge in [-0.05, 0) is 86.4 Å². The van der Waals surface area contributed by atoms with Crippen molar-refractivity contribution in [3.05, 3.63) is 86.7 Å². The quantitative estimate of drug-likeness (QED) is 0.297. The van der Waals surface area contributed by atoms with E-state index in [9.17, 15) is 0 Å². The summed E-state index contributed by atoms with van der Waals surface area (Å²) in [7, 11) is 0. The maximum atomic E-state index is 4.89. The molecule has 0 saturated heterocycles. The number of aliphatic imine (C=N–C) groups is 2. The third-order valence-corrected chi connectivity index (χ3v) is 6.01. The second-order valence-corrected chi connectivity index (χ2v) is 8.79. The Morgan fingerprint density at radius 2 is 0.811 bits per heavy atom. The van der Waals surface area contributed by atoms with E-state index in [4.69, 9.17) is 15.0 Å². The number of rotatable bonds is 8. The van der Waals surface area contributed by atoms with Gasteiger partial charge >= 0.3 is 16.8 Å². The van der Waals surface area contributed by atoms with Crippen LogP contribution in [-0.2, 0) is 42.5 Å². The van der Waals surface area contributed by atoms with Gasteiger partial charge in [-0.15, -0.1) is 0 Å². The second kappa shape index (κ2) is 17.7. The van der Waals surface area contributed by atoms with Gasteiger partial charge in [-0.1, -0.05) is 63.1 Å². The molecule has 0 atom stereocenters. The Bertz CT molecular complexity index is 1070. The molecule has 0 aliphatic carbocycles. The van der Waals surface area contributed by atoms with Crippen molar-refractivity contribution in [2.45, 2.75) is 74.1 Å². The smallest absolute Gasteiger partial charge is 1.00 e. The van der Waals surface area contributed by atoms with Gasteiger partial charge in [0.1, 0.15) is 0 Å². The van der Waals surface area contributed by atoms with Crippen molar-refractivity contribution in [2.24, 2.45) is 9.98 Å². The molecule has 0 spiro atoms. The molecule has 3 aromatic rings. The number of pyridine rings is 1. The van der Waals surface area contributed by atoms with Crippen molar-refractivity contribution in [1.29, 1.82) is 0 Å². The van der Waals surface area contributed by atoms with Crippen molar-refractivity contribution in [3.63, 3.8) is 0 Å². The Labute approximate surface area is 252 Å². The van der Waals surface area contributed by atoms with Gasteiger partial charge in [0.25, 0.3) is 0 Å². The Hall–Kier alpha value is -1.69. The number of hydrogen-bond acceptors (Lipinski definition) is 3. The third-order valence-electron chi connectivity index (χ3n) is 6.01. The molecule has 2 aromatic carbocycles. The fourth-order valence-electron chi connectivity index (χ4n) is 4.39. The van der Waals surface area contributed by atoms with Crippen LogP contribution in [0.5, 0.6) is 0 Å². The molecule has 0 saturated carbocycles. The van der Waals surface area contributed by atoms with Crippen LogP contribution in [0.3, 0.4) is 0 Å². The number of nitrogens with zero attached hydrogens (tertiary/aromatic N) is 3. The molecule has 0 amide bonds. The van der Waals surface area contributed by atoms with Crippen LogP contribution in [0.25, 0.3) is 0 Å². The van der Waals surface area contributed by atoms with Crippen molar-refractivity contribution in [2.75, 3.05) is 0 Å². The molecule has 202 valence electrons. The minimum absolute atomic E-state index is 0. The van der Waals surface area contributed by atoms with E-state index >= 15 is 0 Å². The molecular formula is C30H37Cl3CoN3. The van der Waals surface area contributed by atoms with E-state index in [1.807, 2.05) is 12.4 Å². The molecule has 7 heteroatoms. The first-order valence-electron chi connectivity index (χ1n) is 12.2. The topological polar surface area (TPSA) is 37.6 Å². The van der Waals surface area contributed by atoms with Gasteiger partial charge < -0.3 is 37.2 Å². The zero-order chi connectivity index (χ0) is 24.0. The summed E-state index contributed by atoms with van der Waals surface area (Å²) in [6.07, 6.45) is 7.67. The fourth-order valence-corrected chi connectivity index (χ4v) is 4.39. The zero-order valence-electron chi connectivity index (χ0n) is 22.8. The van der Waals surface area contributed by atoms with Crippen molar-refractivity contribution >= 4 is 23.8 Å². The van der Waals surface area contributed by atoms with Crippen LogP contribution in [0.4, 0.5) is 11.4 Å². The SMILES string of the molecule is CCc1cc(C)cc(CC)c1N=Cc1cc(C)cc(C=Nc2c(CC)cc(C)cc2CC)n1.[Cl-].[Cl-].[Cl-].[Co+3]. The van der Waals surface area contributed by atoms with Crippen LogP contribution >= 0.6 is 0 Å². The molecule has 0 unspecified atom stereocenters. The molecule has 3 rings (SSSR count). The van der Waals surface area contributed by atoms with Crippen molar-refractivity contribution in [3.8, 4) is 0 Å². The Morgan fingerprint density at radius 1 is 0.541 bits per heavy atom. The van der Waals surface area contributed by atoms with E-state index in [0.717, 1.165) is 54.0 Å². The summed E-state index contributed by atoms with van der Waals surface area (Å²) in [6.45, 7) is 15.2. The van der Waals surface area contributed by atoms with E-state index in [1.54, 1.807) is 0 Å². The predicted molar refractivity (Wildman–Crippen MR) is 143 cm³/mol. The van der Waals surface area contributed by atoms with Crippen LogP contribution in [0.2, 0.25) is 0 Å². The summed E-state index contributed by atoms with van der Waals surface area (Å²) in [5.41, 5.74) is 12.8. The number of aromatic nitrogens is 1. The molecule has 0 N–H and O–H groups in total. The van der Waals surface area contributed by atoms with Gasteiger partial charge in [-0.2, -0.15) is 0 Å².